The van der Waals surface area contributed by atoms with E-state index in [9.17, 15) is 18.0 Å². The van der Waals surface area contributed by atoms with Gasteiger partial charge >= 0.3 is 6.18 Å². The van der Waals surface area contributed by atoms with Crippen molar-refractivity contribution in [2.75, 3.05) is 0 Å². The Labute approximate surface area is 127 Å². The lowest BCUT2D eigenvalue weighted by molar-refractivity contribution is -0.137. The van der Waals surface area contributed by atoms with Crippen molar-refractivity contribution >= 4 is 11.0 Å². The van der Waals surface area contributed by atoms with Crippen LogP contribution in [0.1, 0.15) is 17.0 Å². The first-order valence-corrected chi connectivity index (χ1v) is 6.55. The lowest BCUT2D eigenvalue weighted by Crippen LogP contribution is -2.15. The fourth-order valence-electron chi connectivity index (χ4n) is 2.23. The van der Waals surface area contributed by atoms with Gasteiger partial charge in [0.15, 0.2) is 0 Å². The summed E-state index contributed by atoms with van der Waals surface area (Å²) < 4.78 is 41.2. The number of aliphatic hydroxyl groups excluding tert-OH is 1. The third-order valence-corrected chi connectivity index (χ3v) is 3.36. The molecule has 0 radical (unpaired) electrons. The summed E-state index contributed by atoms with van der Waals surface area (Å²) in [5.74, 6) is 0. The van der Waals surface area contributed by atoms with Crippen LogP contribution in [0.3, 0.4) is 0 Å². The van der Waals surface area contributed by atoms with Gasteiger partial charge in [-0.15, -0.1) is 0 Å². The molecule has 0 aliphatic heterocycles. The summed E-state index contributed by atoms with van der Waals surface area (Å²) in [6.45, 7) is 1.09. The molecule has 2 aromatic heterocycles. The SMILES string of the molecule is Cc1nc2cc(-n3cnc(CO)c3)c(C(F)(F)F)cc2[nH]c1=O. The Balaban J connectivity index is 2.33. The molecule has 0 spiro atoms. The zero-order valence-electron chi connectivity index (χ0n) is 11.8. The number of nitrogens with one attached hydrogen (secondary N) is 1. The van der Waals surface area contributed by atoms with Gasteiger partial charge in [0.25, 0.3) is 5.56 Å². The summed E-state index contributed by atoms with van der Waals surface area (Å²) in [4.78, 5) is 21.8. The number of fused-ring (bicyclic) bond motifs is 1. The number of H-pyrrole nitrogens is 1. The topological polar surface area (TPSA) is 83.8 Å². The van der Waals surface area contributed by atoms with Crippen molar-refractivity contribution in [1.82, 2.24) is 19.5 Å². The van der Waals surface area contributed by atoms with Crippen molar-refractivity contribution in [2.45, 2.75) is 19.7 Å². The fourth-order valence-corrected chi connectivity index (χ4v) is 2.23. The van der Waals surface area contributed by atoms with Crippen molar-refractivity contribution in [3.8, 4) is 5.69 Å². The predicted molar refractivity (Wildman–Crippen MR) is 75.1 cm³/mol. The number of nitrogens with zero attached hydrogens (tertiary/aromatic N) is 3. The van der Waals surface area contributed by atoms with Gasteiger partial charge in [0.1, 0.15) is 5.69 Å². The van der Waals surface area contributed by atoms with Crippen LogP contribution in [0.5, 0.6) is 0 Å². The van der Waals surface area contributed by atoms with Crippen molar-refractivity contribution in [2.24, 2.45) is 0 Å². The molecule has 2 heterocycles. The molecule has 0 aliphatic rings. The van der Waals surface area contributed by atoms with Gasteiger partial charge in [-0.3, -0.25) is 4.79 Å². The Bertz CT molecular complexity index is 943. The maximum absolute atomic E-state index is 13.3. The van der Waals surface area contributed by atoms with Crippen LogP contribution in [0, 0.1) is 6.92 Å². The second kappa shape index (κ2) is 5.20. The van der Waals surface area contributed by atoms with E-state index in [4.69, 9.17) is 5.11 Å². The Morgan fingerprint density at radius 2 is 2.09 bits per heavy atom. The van der Waals surface area contributed by atoms with Gasteiger partial charge in [-0.25, -0.2) is 9.97 Å². The number of imidazole rings is 1. The fraction of sp³-hybridized carbons (Fsp3) is 0.214. The van der Waals surface area contributed by atoms with E-state index in [1.54, 1.807) is 0 Å². The molecule has 0 atom stereocenters. The first-order valence-electron chi connectivity index (χ1n) is 6.55. The van der Waals surface area contributed by atoms with E-state index in [0.29, 0.717) is 0 Å². The van der Waals surface area contributed by atoms with Gasteiger partial charge in [0.05, 0.1) is 40.9 Å². The van der Waals surface area contributed by atoms with Crippen LogP contribution < -0.4 is 5.56 Å². The molecule has 1 aromatic carbocycles. The summed E-state index contributed by atoms with van der Waals surface area (Å²) in [6.07, 6.45) is -2.15. The van der Waals surface area contributed by atoms with Gasteiger partial charge in [-0.05, 0) is 19.1 Å². The molecule has 3 rings (SSSR count). The number of rotatable bonds is 2. The molecule has 0 unspecified atom stereocenters. The van der Waals surface area contributed by atoms with Crippen molar-refractivity contribution in [3.05, 3.63) is 52.0 Å². The second-order valence-electron chi connectivity index (χ2n) is 4.97. The van der Waals surface area contributed by atoms with Gasteiger partial charge in [0, 0.05) is 6.20 Å². The molecular formula is C14H11F3N4O2. The summed E-state index contributed by atoms with van der Waals surface area (Å²) in [6, 6.07) is 2.07. The van der Waals surface area contributed by atoms with Crippen LogP contribution in [0.25, 0.3) is 16.7 Å². The van der Waals surface area contributed by atoms with Gasteiger partial charge < -0.3 is 14.7 Å². The average molecular weight is 324 g/mol. The van der Waals surface area contributed by atoms with Crippen LogP contribution in [0.2, 0.25) is 0 Å². The smallest absolute Gasteiger partial charge is 0.390 e. The molecule has 6 nitrogen and oxygen atoms in total. The summed E-state index contributed by atoms with van der Waals surface area (Å²) in [5.41, 5.74) is -1.04. The van der Waals surface area contributed by atoms with E-state index in [2.05, 4.69) is 15.0 Å². The van der Waals surface area contributed by atoms with Crippen LogP contribution in [-0.2, 0) is 12.8 Å². The highest BCUT2D eigenvalue weighted by atomic mass is 19.4. The minimum Gasteiger partial charge on any atom is -0.390 e. The van der Waals surface area contributed by atoms with Crippen molar-refractivity contribution < 1.29 is 18.3 Å². The predicted octanol–water partition coefficient (Wildman–Crippen LogP) is 1.93. The molecule has 2 N–H and O–H groups in total. The number of aromatic amines is 1. The summed E-state index contributed by atoms with van der Waals surface area (Å²) in [7, 11) is 0. The molecule has 0 bridgehead atoms. The van der Waals surface area contributed by atoms with Gasteiger partial charge in [-0.1, -0.05) is 0 Å². The number of aromatic nitrogens is 4. The number of aliphatic hydroxyl groups is 1. The van der Waals surface area contributed by atoms with E-state index >= 15 is 0 Å². The number of alkyl halides is 3. The molecular weight excluding hydrogens is 313 g/mol. The normalized spacial score (nSPS) is 12.0. The van der Waals surface area contributed by atoms with E-state index in [0.717, 1.165) is 10.6 Å². The highest BCUT2D eigenvalue weighted by molar-refractivity contribution is 5.78. The van der Waals surface area contributed by atoms with Gasteiger partial charge in [-0.2, -0.15) is 13.2 Å². The minimum atomic E-state index is -4.63. The largest absolute Gasteiger partial charge is 0.418 e. The molecule has 0 fully saturated rings. The Morgan fingerprint density at radius 3 is 2.70 bits per heavy atom. The first-order chi connectivity index (χ1) is 10.8. The average Bonchev–Trinajstić information content (AvgIpc) is 2.95. The van der Waals surface area contributed by atoms with E-state index in [1.807, 2.05) is 0 Å². The van der Waals surface area contributed by atoms with Crippen LogP contribution >= 0.6 is 0 Å². The molecule has 0 saturated carbocycles. The minimum absolute atomic E-state index is 0.000767. The van der Waals surface area contributed by atoms with Crippen LogP contribution in [0.4, 0.5) is 13.2 Å². The maximum atomic E-state index is 13.3. The number of hydrogen-bond donors (Lipinski definition) is 2. The van der Waals surface area contributed by atoms with Crippen molar-refractivity contribution in [3.63, 3.8) is 0 Å². The standard InChI is InChI=1S/C14H11F3N4O2/c1-7-13(23)20-10-2-9(14(15,16)17)12(3-11(10)19-7)21-4-8(5-22)18-6-21/h2-4,6,22H,5H2,1H3,(H,20,23). The van der Waals surface area contributed by atoms with Crippen LogP contribution in [0.15, 0.2) is 29.5 Å². The third kappa shape index (κ3) is 2.70. The molecule has 0 aliphatic carbocycles. The van der Waals surface area contributed by atoms with Crippen molar-refractivity contribution in [1.29, 1.82) is 0 Å². The molecule has 0 amide bonds. The summed E-state index contributed by atoms with van der Waals surface area (Å²) in [5, 5.41) is 9.02. The summed E-state index contributed by atoms with van der Waals surface area (Å²) >= 11 is 0. The Kier molecular flexibility index (Phi) is 3.44. The highest BCUT2D eigenvalue weighted by Gasteiger charge is 2.34. The molecule has 0 saturated heterocycles. The van der Waals surface area contributed by atoms with Crippen LogP contribution in [-0.4, -0.2) is 24.6 Å². The maximum Gasteiger partial charge on any atom is 0.418 e. The lowest BCUT2D eigenvalue weighted by atomic mass is 10.1. The number of hydrogen-bond acceptors (Lipinski definition) is 4. The zero-order valence-corrected chi connectivity index (χ0v) is 11.8. The first kappa shape index (κ1) is 15.2. The van der Waals surface area contributed by atoms with Gasteiger partial charge in [0.2, 0.25) is 0 Å². The molecule has 3 aromatic rings. The quantitative estimate of drug-likeness (QED) is 0.754. The number of halogens is 3. The highest BCUT2D eigenvalue weighted by Crippen LogP contribution is 2.35. The van der Waals surface area contributed by atoms with E-state index in [-0.39, 0.29) is 34.7 Å². The lowest BCUT2D eigenvalue weighted by Gasteiger charge is -2.14. The third-order valence-electron chi connectivity index (χ3n) is 3.36. The van der Waals surface area contributed by atoms with E-state index in [1.165, 1.54) is 25.5 Å². The van der Waals surface area contributed by atoms with E-state index < -0.39 is 17.3 Å². The zero-order chi connectivity index (χ0) is 16.8. The number of benzene rings is 1. The number of aryl methyl sites for hydroxylation is 1. The monoisotopic (exact) mass is 324 g/mol. The Morgan fingerprint density at radius 1 is 1.35 bits per heavy atom. The molecule has 120 valence electrons. The second-order valence-corrected chi connectivity index (χ2v) is 4.97. The molecule has 23 heavy (non-hydrogen) atoms. The Hall–Kier alpha value is -2.68. The molecule has 9 heteroatoms.